The van der Waals surface area contributed by atoms with Crippen LogP contribution in [0.15, 0.2) is 36.4 Å². The summed E-state index contributed by atoms with van der Waals surface area (Å²) in [5, 5.41) is 0. The summed E-state index contributed by atoms with van der Waals surface area (Å²) in [6, 6.07) is 12.5. The lowest BCUT2D eigenvalue weighted by molar-refractivity contribution is -0.0673. The van der Waals surface area contributed by atoms with Crippen molar-refractivity contribution in [3.8, 4) is 11.5 Å². The van der Waals surface area contributed by atoms with Gasteiger partial charge in [-0.25, -0.2) is 0 Å². The normalized spacial score (nSPS) is 25.5. The van der Waals surface area contributed by atoms with E-state index in [4.69, 9.17) is 27.1 Å². The minimum Gasteiger partial charge on any atom is -0.426 e. The van der Waals surface area contributed by atoms with Crippen molar-refractivity contribution in [1.29, 1.82) is 0 Å². The van der Waals surface area contributed by atoms with Gasteiger partial charge in [-0.15, -0.1) is 0 Å². The molecule has 8 heteroatoms. The monoisotopic (exact) mass is 520 g/mol. The molecule has 192 valence electrons. The van der Waals surface area contributed by atoms with E-state index < -0.39 is 17.2 Å². The minimum absolute atomic E-state index is 0.0658. The second-order valence-corrected chi connectivity index (χ2v) is 14.0. The highest BCUT2D eigenvalue weighted by Gasteiger charge is 2.45. The molecule has 2 aliphatic heterocycles. The standard InChI is InChI=1S/C27H38O6P2/c1-19-9-11-23(20(2)13-19)32-34-28-15-27(16-29-34)17-30-35(31-18-27)33-24-12-10-21(25(3,4)5)14-22(24)26(6,7)8/h9-14H,15-18H2,1-8H3. The molecule has 6 nitrogen and oxygen atoms in total. The van der Waals surface area contributed by atoms with Gasteiger partial charge in [0.2, 0.25) is 0 Å². The van der Waals surface area contributed by atoms with Crippen LogP contribution in [0.1, 0.15) is 63.8 Å². The Morgan fingerprint density at radius 1 is 0.686 bits per heavy atom. The van der Waals surface area contributed by atoms with Crippen molar-refractivity contribution in [1.82, 2.24) is 0 Å². The quantitative estimate of drug-likeness (QED) is 0.382. The highest BCUT2D eigenvalue weighted by Crippen LogP contribution is 2.54. The Hall–Kier alpha value is -1.26. The van der Waals surface area contributed by atoms with E-state index in [0.717, 1.165) is 22.6 Å². The van der Waals surface area contributed by atoms with Crippen molar-refractivity contribution in [2.75, 3.05) is 26.4 Å². The fourth-order valence-corrected chi connectivity index (χ4v) is 6.48. The van der Waals surface area contributed by atoms with Crippen LogP contribution in [0.25, 0.3) is 0 Å². The Kier molecular flexibility index (Phi) is 7.84. The summed E-state index contributed by atoms with van der Waals surface area (Å²) in [6.07, 6.45) is 0. The molecule has 2 fully saturated rings. The van der Waals surface area contributed by atoms with E-state index in [1.165, 1.54) is 11.1 Å². The fourth-order valence-electron chi connectivity index (χ4n) is 3.91. The van der Waals surface area contributed by atoms with E-state index in [2.05, 4.69) is 66.7 Å². The molecule has 2 saturated heterocycles. The van der Waals surface area contributed by atoms with Crippen LogP contribution >= 0.6 is 17.2 Å². The van der Waals surface area contributed by atoms with E-state index >= 15 is 0 Å². The van der Waals surface area contributed by atoms with Crippen LogP contribution in [0.3, 0.4) is 0 Å². The first-order valence-electron chi connectivity index (χ1n) is 12.0. The maximum atomic E-state index is 6.26. The van der Waals surface area contributed by atoms with Crippen LogP contribution in [-0.2, 0) is 28.9 Å². The Morgan fingerprint density at radius 3 is 1.69 bits per heavy atom. The number of aryl methyl sites for hydroxylation is 2. The Balaban J connectivity index is 1.34. The summed E-state index contributed by atoms with van der Waals surface area (Å²) in [5.74, 6) is 1.60. The molecule has 0 aliphatic carbocycles. The predicted molar refractivity (Wildman–Crippen MR) is 141 cm³/mol. The van der Waals surface area contributed by atoms with Crippen LogP contribution in [0.5, 0.6) is 11.5 Å². The summed E-state index contributed by atoms with van der Waals surface area (Å²) < 4.78 is 36.2. The minimum atomic E-state index is -1.50. The molecule has 2 aliphatic rings. The van der Waals surface area contributed by atoms with Gasteiger partial charge in [0.25, 0.3) is 0 Å². The summed E-state index contributed by atoms with van der Waals surface area (Å²) in [7, 11) is -2.94. The lowest BCUT2D eigenvalue weighted by Gasteiger charge is -2.41. The average molecular weight is 521 g/mol. The van der Waals surface area contributed by atoms with Gasteiger partial charge in [-0.1, -0.05) is 71.4 Å². The SMILES string of the molecule is Cc1ccc(OP2OCC3(CO2)COP(Oc2ccc(C(C)(C)C)cc2C(C)(C)C)OC3)c(C)c1. The van der Waals surface area contributed by atoms with Crippen molar-refractivity contribution >= 4 is 17.2 Å². The zero-order valence-corrected chi connectivity index (χ0v) is 23.9. The molecule has 0 bridgehead atoms. The molecule has 0 atom stereocenters. The van der Waals surface area contributed by atoms with Crippen molar-refractivity contribution in [2.45, 2.75) is 66.2 Å². The second-order valence-electron chi connectivity index (χ2n) is 11.7. The van der Waals surface area contributed by atoms with Crippen LogP contribution in [-0.4, -0.2) is 26.4 Å². The maximum absolute atomic E-state index is 6.26. The Labute approximate surface area is 212 Å². The molecular formula is C27H38O6P2. The van der Waals surface area contributed by atoms with Gasteiger partial charge in [0.05, 0.1) is 31.8 Å². The largest absolute Gasteiger partial charge is 0.426 e. The maximum Gasteiger partial charge on any atom is 0.397 e. The van der Waals surface area contributed by atoms with Gasteiger partial charge in [-0.2, -0.15) is 0 Å². The molecule has 0 unspecified atom stereocenters. The van der Waals surface area contributed by atoms with E-state index in [1.807, 2.05) is 25.1 Å². The third-order valence-corrected chi connectivity index (χ3v) is 8.29. The van der Waals surface area contributed by atoms with Crippen LogP contribution in [0, 0.1) is 19.3 Å². The lowest BCUT2D eigenvalue weighted by Crippen LogP contribution is -2.45. The van der Waals surface area contributed by atoms with Crippen molar-refractivity contribution in [2.24, 2.45) is 5.41 Å². The molecule has 2 heterocycles. The smallest absolute Gasteiger partial charge is 0.397 e. The number of benzene rings is 2. The summed E-state index contributed by atoms with van der Waals surface area (Å²) in [5.41, 5.74) is 4.34. The first-order chi connectivity index (χ1) is 16.3. The lowest BCUT2D eigenvalue weighted by atomic mass is 9.80. The number of rotatable bonds is 4. The summed E-state index contributed by atoms with van der Waals surface area (Å²) in [6.45, 7) is 19.2. The number of hydrogen-bond acceptors (Lipinski definition) is 6. The third-order valence-electron chi connectivity index (χ3n) is 6.23. The molecule has 0 radical (unpaired) electrons. The van der Waals surface area contributed by atoms with Gasteiger partial charge >= 0.3 is 17.2 Å². The van der Waals surface area contributed by atoms with Gasteiger partial charge in [0.1, 0.15) is 11.5 Å². The molecular weight excluding hydrogens is 482 g/mol. The van der Waals surface area contributed by atoms with Gasteiger partial charge in [-0.3, -0.25) is 0 Å². The zero-order valence-electron chi connectivity index (χ0n) is 22.1. The first kappa shape index (κ1) is 26.8. The Morgan fingerprint density at radius 2 is 1.20 bits per heavy atom. The Bertz CT molecular complexity index is 1020. The van der Waals surface area contributed by atoms with Crippen molar-refractivity contribution in [3.05, 3.63) is 58.7 Å². The molecule has 0 aromatic heterocycles. The molecule has 4 rings (SSSR count). The molecule has 35 heavy (non-hydrogen) atoms. The highest BCUT2D eigenvalue weighted by atomic mass is 31.2. The predicted octanol–water partition coefficient (Wildman–Crippen LogP) is 7.89. The molecule has 2 aromatic rings. The zero-order chi connectivity index (χ0) is 25.4. The average Bonchev–Trinajstić information content (AvgIpc) is 2.78. The number of hydrogen-bond donors (Lipinski definition) is 0. The van der Waals surface area contributed by atoms with Gasteiger partial charge < -0.3 is 27.1 Å². The molecule has 0 N–H and O–H groups in total. The third kappa shape index (κ3) is 6.55. The van der Waals surface area contributed by atoms with Crippen LogP contribution < -0.4 is 9.05 Å². The topological polar surface area (TPSA) is 55.4 Å². The van der Waals surface area contributed by atoms with Crippen LogP contribution in [0.2, 0.25) is 0 Å². The fraction of sp³-hybridized carbons (Fsp3) is 0.556. The first-order valence-corrected chi connectivity index (χ1v) is 14.2. The summed E-state index contributed by atoms with van der Waals surface area (Å²) in [4.78, 5) is 0. The van der Waals surface area contributed by atoms with Crippen molar-refractivity contribution in [3.63, 3.8) is 0 Å². The highest BCUT2D eigenvalue weighted by molar-refractivity contribution is 7.42. The van der Waals surface area contributed by atoms with E-state index in [0.29, 0.717) is 26.4 Å². The van der Waals surface area contributed by atoms with E-state index in [1.54, 1.807) is 0 Å². The molecule has 2 aromatic carbocycles. The van der Waals surface area contributed by atoms with Crippen molar-refractivity contribution < 1.29 is 27.1 Å². The van der Waals surface area contributed by atoms with Gasteiger partial charge in [0.15, 0.2) is 0 Å². The van der Waals surface area contributed by atoms with E-state index in [9.17, 15) is 0 Å². The molecule has 0 saturated carbocycles. The van der Waals surface area contributed by atoms with Gasteiger partial charge in [-0.05, 0) is 47.9 Å². The molecule has 0 amide bonds. The summed E-state index contributed by atoms with van der Waals surface area (Å²) >= 11 is 0. The molecule has 1 spiro atoms. The second kappa shape index (κ2) is 10.2. The van der Waals surface area contributed by atoms with Gasteiger partial charge in [0, 0.05) is 5.56 Å². The van der Waals surface area contributed by atoms with Crippen LogP contribution in [0.4, 0.5) is 0 Å². The van der Waals surface area contributed by atoms with E-state index in [-0.39, 0.29) is 16.2 Å².